The van der Waals surface area contributed by atoms with Crippen molar-refractivity contribution in [1.29, 1.82) is 0 Å². The first kappa shape index (κ1) is 15.6. The number of nitrogens with one attached hydrogen (secondary N) is 1. The van der Waals surface area contributed by atoms with Gasteiger partial charge in [-0.3, -0.25) is 0 Å². The first-order chi connectivity index (χ1) is 9.02. The Kier molecular flexibility index (Phi) is 5.96. The van der Waals surface area contributed by atoms with Crippen LogP contribution in [0, 0.1) is 12.3 Å². The van der Waals surface area contributed by atoms with E-state index in [1.807, 2.05) is 0 Å². The highest BCUT2D eigenvalue weighted by Gasteiger charge is 2.21. The van der Waals surface area contributed by atoms with Crippen LogP contribution in [0.25, 0.3) is 0 Å². The number of hydrogen-bond acceptors (Lipinski definition) is 4. The van der Waals surface area contributed by atoms with Crippen molar-refractivity contribution < 1.29 is 8.42 Å². The molecule has 0 saturated carbocycles. The van der Waals surface area contributed by atoms with Gasteiger partial charge in [0.05, 0.1) is 6.54 Å². The summed E-state index contributed by atoms with van der Waals surface area (Å²) in [5.74, 6) is 2.30. The Morgan fingerprint density at radius 3 is 2.74 bits per heavy atom. The summed E-state index contributed by atoms with van der Waals surface area (Å²) in [7, 11) is -2.15. The van der Waals surface area contributed by atoms with Crippen LogP contribution in [0.1, 0.15) is 18.9 Å². The molecular formula is C13H19N3O2S. The second-order valence-corrected chi connectivity index (χ2v) is 6.14. The summed E-state index contributed by atoms with van der Waals surface area (Å²) in [5.41, 5.74) is 0.951. The molecule has 0 saturated heterocycles. The van der Waals surface area contributed by atoms with E-state index in [1.54, 1.807) is 12.3 Å². The third kappa shape index (κ3) is 4.31. The van der Waals surface area contributed by atoms with Crippen molar-refractivity contribution in [3.8, 4) is 12.3 Å². The van der Waals surface area contributed by atoms with Gasteiger partial charge in [0.25, 0.3) is 10.0 Å². The monoisotopic (exact) mass is 281 g/mol. The molecule has 0 amide bonds. The fraction of sp³-hybridized carbons (Fsp3) is 0.462. The lowest BCUT2D eigenvalue weighted by Crippen LogP contribution is -2.28. The van der Waals surface area contributed by atoms with E-state index < -0.39 is 10.0 Å². The zero-order valence-corrected chi connectivity index (χ0v) is 12.1. The minimum Gasteiger partial charge on any atom is -0.313 e. The van der Waals surface area contributed by atoms with E-state index in [2.05, 4.69) is 23.1 Å². The summed E-state index contributed by atoms with van der Waals surface area (Å²) >= 11 is 0. The highest BCUT2D eigenvalue weighted by atomic mass is 32.2. The van der Waals surface area contributed by atoms with Crippen LogP contribution in [0.2, 0.25) is 0 Å². The van der Waals surface area contributed by atoms with Crippen LogP contribution in [0.5, 0.6) is 0 Å². The van der Waals surface area contributed by atoms with Crippen molar-refractivity contribution in [2.75, 3.05) is 20.1 Å². The molecule has 0 unspecified atom stereocenters. The summed E-state index contributed by atoms with van der Waals surface area (Å²) in [5, 5.41) is 3.24. The number of nitrogens with zero attached hydrogens (tertiary/aromatic N) is 2. The molecule has 1 aromatic heterocycles. The normalized spacial score (nSPS) is 11.5. The number of hydrogen-bond donors (Lipinski definition) is 1. The third-order valence-corrected chi connectivity index (χ3v) is 4.26. The maximum Gasteiger partial charge on any atom is 0.261 e. The Morgan fingerprint density at radius 1 is 1.47 bits per heavy atom. The maximum absolute atomic E-state index is 12.0. The second kappa shape index (κ2) is 7.24. The fourth-order valence-electron chi connectivity index (χ4n) is 1.45. The molecule has 0 bridgehead atoms. The molecule has 0 aliphatic carbocycles. The molecule has 0 aromatic carbocycles. The molecule has 1 aromatic rings. The van der Waals surface area contributed by atoms with Crippen molar-refractivity contribution in [1.82, 2.24) is 14.6 Å². The first-order valence-corrected chi connectivity index (χ1v) is 7.51. The van der Waals surface area contributed by atoms with Crippen molar-refractivity contribution >= 4 is 10.0 Å². The van der Waals surface area contributed by atoms with Crippen molar-refractivity contribution in [2.45, 2.75) is 24.9 Å². The summed E-state index contributed by atoms with van der Waals surface area (Å²) < 4.78 is 25.2. The van der Waals surface area contributed by atoms with Crippen LogP contribution in [0.15, 0.2) is 23.4 Å². The number of sulfonamides is 1. The minimum absolute atomic E-state index is 0.0180. The smallest absolute Gasteiger partial charge is 0.261 e. The van der Waals surface area contributed by atoms with Crippen molar-refractivity contribution in [3.05, 3.63) is 23.9 Å². The SMILES string of the molecule is C#CCN(C)S(=O)(=O)c1ccc(CNCCC)cn1. The number of terminal acetylenes is 1. The summed E-state index contributed by atoms with van der Waals surface area (Å²) in [6, 6.07) is 3.26. The van der Waals surface area contributed by atoms with Crippen LogP contribution in [-0.2, 0) is 16.6 Å². The molecule has 0 radical (unpaired) electrons. The van der Waals surface area contributed by atoms with Gasteiger partial charge in [0.15, 0.2) is 5.03 Å². The van der Waals surface area contributed by atoms with Crippen molar-refractivity contribution in [2.24, 2.45) is 0 Å². The van der Waals surface area contributed by atoms with Gasteiger partial charge in [-0.05, 0) is 24.6 Å². The standard InChI is InChI=1S/C13H19N3O2S/c1-4-8-14-10-12-6-7-13(15-11-12)19(17,18)16(3)9-5-2/h2,6-7,11,14H,4,8-10H2,1,3H3. The van der Waals surface area contributed by atoms with Crippen LogP contribution in [-0.4, -0.2) is 37.8 Å². The zero-order valence-electron chi connectivity index (χ0n) is 11.3. The summed E-state index contributed by atoms with van der Waals surface area (Å²) in [6.07, 6.45) is 7.73. The lowest BCUT2D eigenvalue weighted by atomic mass is 10.3. The molecule has 0 aliphatic rings. The van der Waals surface area contributed by atoms with Gasteiger partial charge in [-0.15, -0.1) is 6.42 Å². The van der Waals surface area contributed by atoms with Crippen LogP contribution >= 0.6 is 0 Å². The van der Waals surface area contributed by atoms with Crippen LogP contribution in [0.3, 0.4) is 0 Å². The van der Waals surface area contributed by atoms with E-state index >= 15 is 0 Å². The Balaban J connectivity index is 2.78. The molecule has 0 spiro atoms. The van der Waals surface area contributed by atoms with Gasteiger partial charge >= 0.3 is 0 Å². The second-order valence-electron chi connectivity index (χ2n) is 4.15. The molecule has 0 fully saturated rings. The van der Waals surface area contributed by atoms with Crippen LogP contribution < -0.4 is 5.32 Å². The van der Waals surface area contributed by atoms with Gasteiger partial charge in [-0.1, -0.05) is 18.9 Å². The van der Waals surface area contributed by atoms with Gasteiger partial charge < -0.3 is 5.32 Å². The number of aromatic nitrogens is 1. The average Bonchev–Trinajstić information content (AvgIpc) is 2.40. The van der Waals surface area contributed by atoms with E-state index in [9.17, 15) is 8.42 Å². The molecule has 6 heteroatoms. The highest BCUT2D eigenvalue weighted by molar-refractivity contribution is 7.89. The van der Waals surface area contributed by atoms with Crippen molar-refractivity contribution in [3.63, 3.8) is 0 Å². The molecule has 19 heavy (non-hydrogen) atoms. The molecular weight excluding hydrogens is 262 g/mol. The predicted molar refractivity (Wildman–Crippen MR) is 74.9 cm³/mol. The predicted octanol–water partition coefficient (Wildman–Crippen LogP) is 0.835. The van der Waals surface area contributed by atoms with Gasteiger partial charge in [0.1, 0.15) is 0 Å². The Hall–Kier alpha value is -1.42. The van der Waals surface area contributed by atoms with E-state index in [-0.39, 0.29) is 11.6 Å². The Bertz CT molecular complexity index is 532. The number of pyridine rings is 1. The molecule has 1 heterocycles. The van der Waals surface area contributed by atoms with Gasteiger partial charge in [-0.25, -0.2) is 13.4 Å². The molecule has 104 valence electrons. The zero-order chi connectivity index (χ0) is 14.3. The van der Waals surface area contributed by atoms with Gasteiger partial charge in [0, 0.05) is 19.8 Å². The lowest BCUT2D eigenvalue weighted by Gasteiger charge is -2.13. The molecule has 5 nitrogen and oxygen atoms in total. The highest BCUT2D eigenvalue weighted by Crippen LogP contribution is 2.11. The lowest BCUT2D eigenvalue weighted by molar-refractivity contribution is 0.499. The molecule has 0 atom stereocenters. The van der Waals surface area contributed by atoms with Gasteiger partial charge in [0.2, 0.25) is 0 Å². The van der Waals surface area contributed by atoms with E-state index in [4.69, 9.17) is 6.42 Å². The largest absolute Gasteiger partial charge is 0.313 e. The Morgan fingerprint density at radius 2 is 2.21 bits per heavy atom. The van der Waals surface area contributed by atoms with Crippen LogP contribution in [0.4, 0.5) is 0 Å². The van der Waals surface area contributed by atoms with E-state index in [0.29, 0.717) is 6.54 Å². The van der Waals surface area contributed by atoms with E-state index in [1.165, 1.54) is 13.1 Å². The summed E-state index contributed by atoms with van der Waals surface area (Å²) in [6.45, 7) is 3.72. The first-order valence-electron chi connectivity index (χ1n) is 6.07. The maximum atomic E-state index is 12.0. The van der Waals surface area contributed by atoms with Gasteiger partial charge in [-0.2, -0.15) is 4.31 Å². The minimum atomic E-state index is -3.58. The Labute approximate surface area is 115 Å². The average molecular weight is 281 g/mol. The molecule has 0 aliphatic heterocycles. The third-order valence-electron chi connectivity index (χ3n) is 2.54. The van der Waals surface area contributed by atoms with E-state index in [0.717, 1.165) is 22.8 Å². The molecule has 1 N–H and O–H groups in total. The quantitative estimate of drug-likeness (QED) is 0.594. The number of rotatable bonds is 7. The summed E-state index contributed by atoms with van der Waals surface area (Å²) in [4.78, 5) is 3.99. The fourth-order valence-corrected chi connectivity index (χ4v) is 2.44. The molecule has 1 rings (SSSR count). The topological polar surface area (TPSA) is 62.3 Å².